The van der Waals surface area contributed by atoms with Crippen LogP contribution in [0.4, 0.5) is 4.39 Å². The molecule has 1 aromatic carbocycles. The third-order valence-corrected chi connectivity index (χ3v) is 3.67. The number of nitrogens with one attached hydrogen (secondary N) is 1. The van der Waals surface area contributed by atoms with Crippen molar-refractivity contribution in [2.24, 2.45) is 0 Å². The highest BCUT2D eigenvalue weighted by molar-refractivity contribution is 14.1. The second kappa shape index (κ2) is 8.89. The number of benzene rings is 1. The maximum absolute atomic E-state index is 12.9. The van der Waals surface area contributed by atoms with E-state index in [9.17, 15) is 14.0 Å². The molecule has 0 aromatic heterocycles. The first-order valence-electron chi connectivity index (χ1n) is 6.45. The zero-order valence-electron chi connectivity index (χ0n) is 11.0. The molecular formula is C14H17FINO3. The van der Waals surface area contributed by atoms with E-state index in [1.165, 1.54) is 18.2 Å². The van der Waals surface area contributed by atoms with Crippen LogP contribution in [-0.2, 0) is 4.79 Å². The van der Waals surface area contributed by atoms with Gasteiger partial charge >= 0.3 is 5.97 Å². The summed E-state index contributed by atoms with van der Waals surface area (Å²) < 4.78 is 13.5. The van der Waals surface area contributed by atoms with Gasteiger partial charge in [-0.1, -0.05) is 12.8 Å². The van der Waals surface area contributed by atoms with E-state index in [-0.39, 0.29) is 18.1 Å². The summed E-state index contributed by atoms with van der Waals surface area (Å²) in [6.45, 7) is 0.541. The van der Waals surface area contributed by atoms with Gasteiger partial charge in [-0.3, -0.25) is 9.59 Å². The predicted octanol–water partition coefficient (Wildman–Crippen LogP) is 3.20. The van der Waals surface area contributed by atoms with Crippen molar-refractivity contribution in [2.45, 2.75) is 32.1 Å². The lowest BCUT2D eigenvalue weighted by Gasteiger charge is -2.07. The van der Waals surface area contributed by atoms with Crippen molar-refractivity contribution in [2.75, 3.05) is 6.54 Å². The van der Waals surface area contributed by atoms with E-state index in [4.69, 9.17) is 5.11 Å². The van der Waals surface area contributed by atoms with E-state index in [1.807, 2.05) is 22.6 Å². The molecule has 0 saturated heterocycles. The van der Waals surface area contributed by atoms with Crippen molar-refractivity contribution in [3.63, 3.8) is 0 Å². The number of carboxylic acids is 1. The largest absolute Gasteiger partial charge is 0.481 e. The van der Waals surface area contributed by atoms with Crippen LogP contribution >= 0.6 is 22.6 Å². The first kappa shape index (κ1) is 16.9. The van der Waals surface area contributed by atoms with Gasteiger partial charge < -0.3 is 10.4 Å². The minimum absolute atomic E-state index is 0.195. The summed E-state index contributed by atoms with van der Waals surface area (Å²) in [6.07, 6.45) is 3.40. The molecule has 0 aliphatic heterocycles. The Balaban J connectivity index is 2.22. The molecule has 0 unspecified atom stereocenters. The van der Waals surface area contributed by atoms with E-state index in [1.54, 1.807) is 0 Å². The van der Waals surface area contributed by atoms with E-state index in [0.29, 0.717) is 22.1 Å². The van der Waals surface area contributed by atoms with E-state index in [2.05, 4.69) is 5.32 Å². The van der Waals surface area contributed by atoms with Crippen molar-refractivity contribution < 1.29 is 19.1 Å². The summed E-state index contributed by atoms with van der Waals surface area (Å²) in [5.41, 5.74) is 0.470. The van der Waals surface area contributed by atoms with Crippen molar-refractivity contribution in [1.82, 2.24) is 5.32 Å². The molecule has 0 bridgehead atoms. The van der Waals surface area contributed by atoms with Crippen molar-refractivity contribution in [3.8, 4) is 0 Å². The number of carboxylic acid groups (broad SMARTS) is 1. The predicted molar refractivity (Wildman–Crippen MR) is 82.2 cm³/mol. The molecule has 0 saturated carbocycles. The van der Waals surface area contributed by atoms with Crippen LogP contribution in [0.5, 0.6) is 0 Å². The Morgan fingerprint density at radius 2 is 1.90 bits per heavy atom. The summed E-state index contributed by atoms with van der Waals surface area (Å²) in [6, 6.07) is 4.06. The van der Waals surface area contributed by atoms with Gasteiger partial charge in [-0.05, 0) is 53.6 Å². The highest BCUT2D eigenvalue weighted by Crippen LogP contribution is 2.13. The molecule has 0 spiro atoms. The zero-order valence-corrected chi connectivity index (χ0v) is 13.2. The second-order valence-corrected chi connectivity index (χ2v) is 5.60. The number of carbonyl (C=O) groups is 2. The number of hydrogen-bond donors (Lipinski definition) is 2. The van der Waals surface area contributed by atoms with Crippen molar-refractivity contribution in [3.05, 3.63) is 33.1 Å². The van der Waals surface area contributed by atoms with Gasteiger partial charge in [0.2, 0.25) is 0 Å². The molecule has 0 heterocycles. The molecule has 110 valence electrons. The number of amides is 1. The molecule has 0 atom stereocenters. The lowest BCUT2D eigenvalue weighted by Crippen LogP contribution is -2.25. The minimum Gasteiger partial charge on any atom is -0.481 e. The zero-order chi connectivity index (χ0) is 15.0. The van der Waals surface area contributed by atoms with Gasteiger partial charge in [-0.25, -0.2) is 4.39 Å². The molecule has 1 rings (SSSR count). The highest BCUT2D eigenvalue weighted by atomic mass is 127. The molecule has 0 fully saturated rings. The molecule has 1 aromatic rings. The molecule has 20 heavy (non-hydrogen) atoms. The molecule has 0 aliphatic rings. The number of halogens is 2. The number of unbranched alkanes of at least 4 members (excludes halogenated alkanes) is 3. The number of aliphatic carboxylic acids is 1. The van der Waals surface area contributed by atoms with E-state index in [0.717, 1.165) is 19.3 Å². The van der Waals surface area contributed by atoms with Gasteiger partial charge in [0.25, 0.3) is 5.91 Å². The fourth-order valence-electron chi connectivity index (χ4n) is 1.73. The van der Waals surface area contributed by atoms with E-state index >= 15 is 0 Å². The average Bonchev–Trinajstić information content (AvgIpc) is 2.37. The summed E-state index contributed by atoms with van der Waals surface area (Å²) in [5, 5.41) is 11.3. The van der Waals surface area contributed by atoms with Crippen LogP contribution in [0.1, 0.15) is 42.5 Å². The third-order valence-electron chi connectivity index (χ3n) is 2.78. The summed E-state index contributed by atoms with van der Waals surface area (Å²) in [5.74, 6) is -1.34. The van der Waals surface area contributed by atoms with Crippen molar-refractivity contribution in [1.29, 1.82) is 0 Å². The van der Waals surface area contributed by atoms with Gasteiger partial charge in [0.05, 0.1) is 5.56 Å². The molecular weight excluding hydrogens is 376 g/mol. The second-order valence-electron chi connectivity index (χ2n) is 4.44. The molecule has 6 heteroatoms. The van der Waals surface area contributed by atoms with E-state index < -0.39 is 5.97 Å². The molecule has 0 aliphatic carbocycles. The van der Waals surface area contributed by atoms with Crippen LogP contribution in [0.15, 0.2) is 18.2 Å². The fourth-order valence-corrected chi connectivity index (χ4v) is 2.45. The SMILES string of the molecule is O=C(O)CCCCCCNC(=O)c1ccc(F)cc1I. The maximum Gasteiger partial charge on any atom is 0.303 e. The monoisotopic (exact) mass is 393 g/mol. The fraction of sp³-hybridized carbons (Fsp3) is 0.429. The molecule has 0 radical (unpaired) electrons. The van der Waals surface area contributed by atoms with Gasteiger partial charge in [-0.2, -0.15) is 0 Å². The van der Waals surface area contributed by atoms with Crippen LogP contribution in [0.3, 0.4) is 0 Å². The Morgan fingerprint density at radius 1 is 1.20 bits per heavy atom. The third kappa shape index (κ3) is 6.31. The summed E-state index contributed by atoms with van der Waals surface area (Å²) >= 11 is 1.93. The lowest BCUT2D eigenvalue weighted by molar-refractivity contribution is -0.137. The highest BCUT2D eigenvalue weighted by Gasteiger charge is 2.09. The maximum atomic E-state index is 12.9. The van der Waals surface area contributed by atoms with Crippen molar-refractivity contribution >= 4 is 34.5 Å². The first-order valence-corrected chi connectivity index (χ1v) is 7.53. The Morgan fingerprint density at radius 3 is 2.55 bits per heavy atom. The van der Waals surface area contributed by atoms with Crippen LogP contribution in [0.25, 0.3) is 0 Å². The standard InChI is InChI=1S/C14H17FINO3/c15-10-6-7-11(12(16)9-10)14(20)17-8-4-2-1-3-5-13(18)19/h6-7,9H,1-5,8H2,(H,17,20)(H,18,19). The topological polar surface area (TPSA) is 66.4 Å². The quantitative estimate of drug-likeness (QED) is 0.527. The smallest absolute Gasteiger partial charge is 0.303 e. The van der Waals surface area contributed by atoms with Crippen LogP contribution < -0.4 is 5.32 Å². The molecule has 1 amide bonds. The number of hydrogen-bond acceptors (Lipinski definition) is 2. The molecule has 4 nitrogen and oxygen atoms in total. The number of carbonyl (C=O) groups excluding carboxylic acids is 1. The Bertz CT molecular complexity index is 479. The Kier molecular flexibility index (Phi) is 7.50. The summed E-state index contributed by atoms with van der Waals surface area (Å²) in [7, 11) is 0. The van der Waals surface area contributed by atoms with Crippen LogP contribution in [0, 0.1) is 9.39 Å². The normalized spacial score (nSPS) is 10.3. The van der Waals surface area contributed by atoms with Gasteiger partial charge in [-0.15, -0.1) is 0 Å². The minimum atomic E-state index is -0.774. The van der Waals surface area contributed by atoms with Gasteiger partial charge in [0.1, 0.15) is 5.82 Å². The Hall–Kier alpha value is -1.18. The van der Waals surface area contributed by atoms with Gasteiger partial charge in [0, 0.05) is 16.5 Å². The first-order chi connectivity index (χ1) is 9.50. The Labute approximate surface area is 130 Å². The average molecular weight is 393 g/mol. The number of rotatable bonds is 8. The molecule has 2 N–H and O–H groups in total. The van der Waals surface area contributed by atoms with Crippen LogP contribution in [-0.4, -0.2) is 23.5 Å². The van der Waals surface area contributed by atoms with Gasteiger partial charge in [0.15, 0.2) is 0 Å². The van der Waals surface area contributed by atoms with Crippen LogP contribution in [0.2, 0.25) is 0 Å². The summed E-state index contributed by atoms with van der Waals surface area (Å²) in [4.78, 5) is 22.1. The lowest BCUT2D eigenvalue weighted by atomic mass is 10.1.